The molecule has 0 aliphatic heterocycles. The molecule has 0 bridgehead atoms. The minimum absolute atomic E-state index is 0.0346. The van der Waals surface area contributed by atoms with E-state index in [-0.39, 0.29) is 5.56 Å². The monoisotopic (exact) mass is 285 g/mol. The number of ether oxygens (including phenoxy) is 2. The van der Waals surface area contributed by atoms with Crippen LogP contribution in [0.4, 0.5) is 0 Å². The molecule has 21 heavy (non-hydrogen) atoms. The number of hydrogen-bond acceptors (Lipinski definition) is 4. The fourth-order valence-electron chi connectivity index (χ4n) is 1.65. The Hall–Kier alpha value is -2.82. The van der Waals surface area contributed by atoms with Gasteiger partial charge in [0, 0.05) is 5.69 Å². The van der Waals surface area contributed by atoms with Crippen molar-refractivity contribution in [2.24, 2.45) is 0 Å². The van der Waals surface area contributed by atoms with E-state index < -0.39 is 11.5 Å². The first-order chi connectivity index (χ1) is 10.1. The first-order valence-corrected chi connectivity index (χ1v) is 6.36. The largest absolute Gasteiger partial charge is 0.490 e. The number of benzene rings is 1. The zero-order valence-corrected chi connectivity index (χ0v) is 11.6. The smallest absolute Gasteiger partial charge is 0.349 e. The van der Waals surface area contributed by atoms with E-state index in [2.05, 4.69) is 11.6 Å². The lowest BCUT2D eigenvalue weighted by Gasteiger charge is -2.06. The number of pyridine rings is 1. The number of carbonyl (C=O) groups excluding carboxylic acids is 1. The van der Waals surface area contributed by atoms with Crippen LogP contribution in [-0.4, -0.2) is 17.6 Å². The lowest BCUT2D eigenvalue weighted by atomic mass is 10.2. The number of nitrogens with one attached hydrogen (secondary N) is 1. The highest BCUT2D eigenvalue weighted by molar-refractivity contribution is 5.90. The SMILES string of the molecule is C=CCOc1ccc(OC(=O)c2ccc(C)[nH]c2=O)cc1. The lowest BCUT2D eigenvalue weighted by Crippen LogP contribution is -2.21. The van der Waals surface area contributed by atoms with E-state index in [9.17, 15) is 9.59 Å². The first-order valence-electron chi connectivity index (χ1n) is 6.36. The lowest BCUT2D eigenvalue weighted by molar-refractivity contribution is 0.0732. The van der Waals surface area contributed by atoms with Gasteiger partial charge in [-0.15, -0.1) is 0 Å². The first kappa shape index (κ1) is 14.6. The van der Waals surface area contributed by atoms with Crippen molar-refractivity contribution in [2.75, 3.05) is 6.61 Å². The number of H-pyrrole nitrogens is 1. The second kappa shape index (κ2) is 6.56. The molecule has 0 spiro atoms. The van der Waals surface area contributed by atoms with Crippen molar-refractivity contribution < 1.29 is 14.3 Å². The van der Waals surface area contributed by atoms with Crippen molar-refractivity contribution in [1.82, 2.24) is 4.98 Å². The van der Waals surface area contributed by atoms with Crippen LogP contribution in [0, 0.1) is 6.92 Å². The normalized spacial score (nSPS) is 9.95. The average Bonchev–Trinajstić information content (AvgIpc) is 2.46. The molecule has 1 aromatic carbocycles. The molecule has 0 atom stereocenters. The summed E-state index contributed by atoms with van der Waals surface area (Å²) in [5.41, 5.74) is 0.179. The van der Waals surface area contributed by atoms with Crippen LogP contribution >= 0.6 is 0 Å². The van der Waals surface area contributed by atoms with Gasteiger partial charge >= 0.3 is 5.97 Å². The zero-order valence-electron chi connectivity index (χ0n) is 11.6. The van der Waals surface area contributed by atoms with Gasteiger partial charge < -0.3 is 14.5 Å². The van der Waals surface area contributed by atoms with Crippen LogP contribution in [0.15, 0.2) is 53.8 Å². The highest BCUT2D eigenvalue weighted by Gasteiger charge is 2.13. The third-order valence-corrected chi connectivity index (χ3v) is 2.68. The summed E-state index contributed by atoms with van der Waals surface area (Å²) in [6, 6.07) is 9.62. The van der Waals surface area contributed by atoms with Gasteiger partial charge in [-0.2, -0.15) is 0 Å². The van der Waals surface area contributed by atoms with Gasteiger partial charge in [0.05, 0.1) is 0 Å². The Kier molecular flexibility index (Phi) is 4.56. The van der Waals surface area contributed by atoms with Crippen molar-refractivity contribution >= 4 is 5.97 Å². The van der Waals surface area contributed by atoms with Gasteiger partial charge in [-0.25, -0.2) is 4.79 Å². The van der Waals surface area contributed by atoms with Crippen LogP contribution in [0.5, 0.6) is 11.5 Å². The summed E-state index contributed by atoms with van der Waals surface area (Å²) in [6.45, 7) is 5.69. The number of hydrogen-bond donors (Lipinski definition) is 1. The van der Waals surface area contributed by atoms with Crippen molar-refractivity contribution in [3.63, 3.8) is 0 Å². The molecule has 0 radical (unpaired) electrons. The second-order valence-electron chi connectivity index (χ2n) is 4.34. The van der Waals surface area contributed by atoms with Gasteiger partial charge in [-0.05, 0) is 43.3 Å². The van der Waals surface area contributed by atoms with E-state index >= 15 is 0 Å². The molecule has 2 rings (SSSR count). The molecule has 0 saturated carbocycles. The van der Waals surface area contributed by atoms with Crippen LogP contribution in [0.1, 0.15) is 16.1 Å². The van der Waals surface area contributed by atoms with E-state index in [1.54, 1.807) is 43.3 Å². The molecule has 1 aromatic heterocycles. The molecule has 0 amide bonds. The number of aromatic amines is 1. The predicted octanol–water partition coefficient (Wildman–Crippen LogP) is 2.47. The van der Waals surface area contributed by atoms with Crippen molar-refractivity contribution in [3.8, 4) is 11.5 Å². The number of rotatable bonds is 5. The van der Waals surface area contributed by atoms with Gasteiger partial charge in [0.25, 0.3) is 5.56 Å². The summed E-state index contributed by atoms with van der Waals surface area (Å²) in [7, 11) is 0. The van der Waals surface area contributed by atoms with Gasteiger partial charge in [-0.1, -0.05) is 12.7 Å². The molecule has 1 N–H and O–H groups in total. The number of carbonyl (C=O) groups is 1. The molecule has 0 saturated heterocycles. The van der Waals surface area contributed by atoms with Crippen molar-refractivity contribution in [1.29, 1.82) is 0 Å². The Morgan fingerprint density at radius 3 is 2.48 bits per heavy atom. The minimum Gasteiger partial charge on any atom is -0.490 e. The summed E-state index contributed by atoms with van der Waals surface area (Å²) in [4.78, 5) is 26.1. The van der Waals surface area contributed by atoms with Crippen molar-refractivity contribution in [2.45, 2.75) is 6.92 Å². The quantitative estimate of drug-likeness (QED) is 0.520. The van der Waals surface area contributed by atoms with E-state index in [0.29, 0.717) is 23.8 Å². The number of aromatic nitrogens is 1. The summed E-state index contributed by atoms with van der Waals surface area (Å²) in [5, 5.41) is 0. The third kappa shape index (κ3) is 3.82. The molecule has 0 aliphatic carbocycles. The van der Waals surface area contributed by atoms with Gasteiger partial charge in [0.2, 0.25) is 0 Å². The number of aryl methyl sites for hydroxylation is 1. The average molecular weight is 285 g/mol. The van der Waals surface area contributed by atoms with Crippen LogP contribution in [0.2, 0.25) is 0 Å². The number of esters is 1. The van der Waals surface area contributed by atoms with Crippen LogP contribution in [0.25, 0.3) is 0 Å². The highest BCUT2D eigenvalue weighted by atomic mass is 16.5. The molecular weight excluding hydrogens is 270 g/mol. The summed E-state index contributed by atoms with van der Waals surface area (Å²) < 4.78 is 10.5. The van der Waals surface area contributed by atoms with Crippen molar-refractivity contribution in [3.05, 3.63) is 70.7 Å². The topological polar surface area (TPSA) is 68.4 Å². The fraction of sp³-hybridized carbons (Fsp3) is 0.125. The molecular formula is C16H15NO4. The summed E-state index contributed by atoms with van der Waals surface area (Å²) >= 11 is 0. The van der Waals surface area contributed by atoms with Crippen LogP contribution < -0.4 is 15.0 Å². The molecule has 0 fully saturated rings. The van der Waals surface area contributed by atoms with E-state index in [4.69, 9.17) is 9.47 Å². The highest BCUT2D eigenvalue weighted by Crippen LogP contribution is 2.18. The van der Waals surface area contributed by atoms with Gasteiger partial charge in [-0.3, -0.25) is 4.79 Å². The fourth-order valence-corrected chi connectivity index (χ4v) is 1.65. The molecule has 1 heterocycles. The van der Waals surface area contributed by atoms with Crippen LogP contribution in [0.3, 0.4) is 0 Å². The van der Waals surface area contributed by atoms with Crippen LogP contribution in [-0.2, 0) is 0 Å². The zero-order chi connectivity index (χ0) is 15.2. The predicted molar refractivity (Wildman–Crippen MR) is 78.9 cm³/mol. The Labute approximate surface area is 121 Å². The van der Waals surface area contributed by atoms with Gasteiger partial charge in [0.15, 0.2) is 0 Å². The maximum atomic E-state index is 11.9. The van der Waals surface area contributed by atoms with E-state index in [1.807, 2.05) is 0 Å². The molecule has 0 unspecified atom stereocenters. The van der Waals surface area contributed by atoms with E-state index in [1.165, 1.54) is 6.07 Å². The molecule has 0 aliphatic rings. The molecule has 108 valence electrons. The third-order valence-electron chi connectivity index (χ3n) is 2.68. The maximum Gasteiger partial charge on any atom is 0.349 e. The Morgan fingerprint density at radius 1 is 1.19 bits per heavy atom. The second-order valence-corrected chi connectivity index (χ2v) is 4.34. The standard InChI is InChI=1S/C16H15NO4/c1-3-10-20-12-5-7-13(8-6-12)21-16(19)14-9-4-11(2)17-15(14)18/h3-9H,1,10H2,2H3,(H,17,18). The maximum absolute atomic E-state index is 11.9. The molecule has 2 aromatic rings. The summed E-state index contributed by atoms with van der Waals surface area (Å²) in [5.74, 6) is 0.282. The Bertz CT molecular complexity index is 701. The Balaban J connectivity index is 2.08. The molecule has 5 nitrogen and oxygen atoms in total. The molecule has 5 heteroatoms. The van der Waals surface area contributed by atoms with E-state index in [0.717, 1.165) is 0 Å². The minimum atomic E-state index is -0.698. The Morgan fingerprint density at radius 2 is 1.86 bits per heavy atom. The van der Waals surface area contributed by atoms with Gasteiger partial charge in [0.1, 0.15) is 23.7 Å². The summed E-state index contributed by atoms with van der Waals surface area (Å²) in [6.07, 6.45) is 1.64.